The lowest BCUT2D eigenvalue weighted by molar-refractivity contribution is 0.0823. The van der Waals surface area contributed by atoms with Crippen molar-refractivity contribution in [3.05, 3.63) is 18.2 Å². The molecule has 1 rings (SSSR count). The number of nitrogens with zero attached hydrogens (tertiary/aromatic N) is 2. The van der Waals surface area contributed by atoms with Crippen LogP contribution in [0.25, 0.3) is 0 Å². The molecule has 0 bridgehead atoms. The number of halogens is 2. The highest BCUT2D eigenvalue weighted by molar-refractivity contribution is 5.62. The number of hydrogen-bond donors (Lipinski definition) is 1. The number of nitrogen functional groups attached to an aromatic ring is 1. The second-order valence-electron chi connectivity index (χ2n) is 4.65. The zero-order valence-electron chi connectivity index (χ0n) is 11.6. The van der Waals surface area contributed by atoms with Gasteiger partial charge in [-0.05, 0) is 26.2 Å². The van der Waals surface area contributed by atoms with Crippen LogP contribution < -0.4 is 15.4 Å². The van der Waals surface area contributed by atoms with Gasteiger partial charge in [0.25, 0.3) is 6.43 Å². The number of nitrogens with two attached hydrogens (primary N) is 1. The van der Waals surface area contributed by atoms with Crippen molar-refractivity contribution in [1.29, 1.82) is 0 Å². The fourth-order valence-corrected chi connectivity index (χ4v) is 1.52. The van der Waals surface area contributed by atoms with Crippen LogP contribution in [0.4, 0.5) is 20.2 Å². The van der Waals surface area contributed by atoms with Crippen molar-refractivity contribution in [3.63, 3.8) is 0 Å². The van der Waals surface area contributed by atoms with E-state index in [2.05, 4.69) is 4.90 Å². The molecule has 0 fully saturated rings. The summed E-state index contributed by atoms with van der Waals surface area (Å²) in [6.07, 6.45) is -2.51. The van der Waals surface area contributed by atoms with E-state index in [-0.39, 0.29) is 0 Å². The van der Waals surface area contributed by atoms with Gasteiger partial charge in [0.2, 0.25) is 0 Å². The van der Waals surface area contributed by atoms with Gasteiger partial charge in [0.1, 0.15) is 12.4 Å². The molecule has 0 aliphatic heterocycles. The molecule has 0 spiro atoms. The van der Waals surface area contributed by atoms with E-state index in [0.717, 1.165) is 18.8 Å². The number of benzene rings is 1. The lowest BCUT2D eigenvalue weighted by atomic mass is 10.2. The molecule has 0 amide bonds. The van der Waals surface area contributed by atoms with E-state index < -0.39 is 13.0 Å². The molecular weight excluding hydrogens is 252 g/mol. The van der Waals surface area contributed by atoms with Gasteiger partial charge in [0, 0.05) is 31.9 Å². The first-order chi connectivity index (χ1) is 8.90. The van der Waals surface area contributed by atoms with Crippen LogP contribution >= 0.6 is 0 Å². The summed E-state index contributed by atoms with van der Waals surface area (Å²) >= 11 is 0. The first-order valence-electron chi connectivity index (χ1n) is 6.06. The summed E-state index contributed by atoms with van der Waals surface area (Å²) in [4.78, 5) is 4.09. The predicted octanol–water partition coefficient (Wildman–Crippen LogP) is 1.91. The van der Waals surface area contributed by atoms with E-state index in [1.165, 1.54) is 0 Å². The molecule has 0 aliphatic carbocycles. The fraction of sp³-hybridized carbons (Fsp3) is 0.538. The largest absolute Gasteiger partial charge is 0.485 e. The monoisotopic (exact) mass is 273 g/mol. The summed E-state index contributed by atoms with van der Waals surface area (Å²) in [6.45, 7) is 1.08. The predicted molar refractivity (Wildman–Crippen MR) is 74.2 cm³/mol. The third-order valence-electron chi connectivity index (χ3n) is 2.69. The van der Waals surface area contributed by atoms with Crippen LogP contribution in [0, 0.1) is 0 Å². The Hall–Kier alpha value is -1.56. The molecular formula is C13H21F2N3O. The molecule has 1 aromatic rings. The molecule has 0 radical (unpaired) electrons. The van der Waals surface area contributed by atoms with Crippen LogP contribution in [0.15, 0.2) is 18.2 Å². The lowest BCUT2D eigenvalue weighted by Gasteiger charge is -2.22. The van der Waals surface area contributed by atoms with Crippen LogP contribution in [0.3, 0.4) is 0 Å². The number of rotatable bonds is 7. The molecule has 0 heterocycles. The van der Waals surface area contributed by atoms with Gasteiger partial charge in [-0.3, -0.25) is 0 Å². The highest BCUT2D eigenvalue weighted by atomic mass is 19.3. The second-order valence-corrected chi connectivity index (χ2v) is 4.65. The Kier molecular flexibility index (Phi) is 5.82. The quantitative estimate of drug-likeness (QED) is 0.771. The van der Waals surface area contributed by atoms with Crippen molar-refractivity contribution in [2.24, 2.45) is 0 Å². The van der Waals surface area contributed by atoms with Crippen LogP contribution in [0.1, 0.15) is 0 Å². The minimum Gasteiger partial charge on any atom is -0.485 e. The van der Waals surface area contributed by atoms with E-state index >= 15 is 0 Å². The molecule has 0 saturated carbocycles. The van der Waals surface area contributed by atoms with Crippen molar-refractivity contribution in [1.82, 2.24) is 4.90 Å². The minimum absolute atomic E-state index is 0.300. The Labute approximate surface area is 112 Å². The molecule has 19 heavy (non-hydrogen) atoms. The Morgan fingerprint density at radius 2 is 1.89 bits per heavy atom. The van der Waals surface area contributed by atoms with E-state index in [1.807, 2.05) is 32.1 Å². The second kappa shape index (κ2) is 7.13. The molecule has 0 aliphatic rings. The molecule has 0 saturated heterocycles. The van der Waals surface area contributed by atoms with Gasteiger partial charge in [-0.2, -0.15) is 0 Å². The highest BCUT2D eigenvalue weighted by Crippen LogP contribution is 2.27. The smallest absolute Gasteiger partial charge is 0.272 e. The molecule has 108 valence electrons. The lowest BCUT2D eigenvalue weighted by Crippen LogP contribution is -2.28. The number of anilines is 2. The van der Waals surface area contributed by atoms with Crippen molar-refractivity contribution in [2.75, 3.05) is 51.5 Å². The number of hydrogen-bond acceptors (Lipinski definition) is 4. The van der Waals surface area contributed by atoms with E-state index in [1.54, 1.807) is 12.1 Å². The summed E-state index contributed by atoms with van der Waals surface area (Å²) in [5.74, 6) is 0.300. The van der Waals surface area contributed by atoms with Gasteiger partial charge in [0.15, 0.2) is 0 Å². The Bertz CT molecular complexity index is 399. The third kappa shape index (κ3) is 5.30. The summed E-state index contributed by atoms with van der Waals surface area (Å²) < 4.78 is 29.3. The third-order valence-corrected chi connectivity index (χ3v) is 2.69. The maximum Gasteiger partial charge on any atom is 0.272 e. The van der Waals surface area contributed by atoms with Gasteiger partial charge >= 0.3 is 0 Å². The van der Waals surface area contributed by atoms with Crippen LogP contribution in [0.5, 0.6) is 5.75 Å². The van der Waals surface area contributed by atoms with E-state index in [9.17, 15) is 8.78 Å². The van der Waals surface area contributed by atoms with Crippen LogP contribution in [-0.4, -0.2) is 52.2 Å². The zero-order valence-corrected chi connectivity index (χ0v) is 11.6. The molecule has 1 aromatic carbocycles. The average Bonchev–Trinajstić information content (AvgIpc) is 2.34. The molecule has 0 aromatic heterocycles. The van der Waals surface area contributed by atoms with Crippen LogP contribution in [0.2, 0.25) is 0 Å². The Morgan fingerprint density at radius 1 is 1.21 bits per heavy atom. The Morgan fingerprint density at radius 3 is 2.47 bits per heavy atom. The van der Waals surface area contributed by atoms with Gasteiger partial charge in [0.05, 0.1) is 5.69 Å². The fourth-order valence-electron chi connectivity index (χ4n) is 1.52. The van der Waals surface area contributed by atoms with Crippen molar-refractivity contribution in [3.8, 4) is 5.75 Å². The summed E-state index contributed by atoms with van der Waals surface area (Å²) in [7, 11) is 5.92. The zero-order chi connectivity index (χ0) is 14.4. The maximum absolute atomic E-state index is 12.1. The maximum atomic E-state index is 12.1. The summed E-state index contributed by atoms with van der Waals surface area (Å²) in [5, 5.41) is 0. The van der Waals surface area contributed by atoms with Gasteiger partial charge in [-0.1, -0.05) is 0 Å². The molecule has 0 atom stereocenters. The SMILES string of the molecule is CN(C)CCN(C)c1ccc(N)c(OCC(F)F)c1. The van der Waals surface area contributed by atoms with Crippen molar-refractivity contribution in [2.45, 2.75) is 6.43 Å². The van der Waals surface area contributed by atoms with Crippen molar-refractivity contribution >= 4 is 11.4 Å². The Balaban J connectivity index is 2.71. The normalized spacial score (nSPS) is 11.1. The number of likely N-dealkylation sites (N-methyl/N-ethyl adjacent to an activating group) is 2. The van der Waals surface area contributed by atoms with Gasteiger partial charge < -0.3 is 20.3 Å². The highest BCUT2D eigenvalue weighted by Gasteiger charge is 2.09. The van der Waals surface area contributed by atoms with E-state index in [4.69, 9.17) is 10.5 Å². The first-order valence-corrected chi connectivity index (χ1v) is 6.06. The topological polar surface area (TPSA) is 41.7 Å². The molecule has 4 nitrogen and oxygen atoms in total. The first kappa shape index (κ1) is 15.5. The molecule has 0 unspecified atom stereocenters. The number of alkyl halides is 2. The molecule has 6 heteroatoms. The van der Waals surface area contributed by atoms with Crippen LogP contribution in [-0.2, 0) is 0 Å². The van der Waals surface area contributed by atoms with Gasteiger partial charge in [-0.15, -0.1) is 0 Å². The standard InChI is InChI=1S/C13H21F2N3O/c1-17(2)6-7-18(3)10-4-5-11(16)12(8-10)19-9-13(14)15/h4-5,8,13H,6-7,9,16H2,1-3H3. The average molecular weight is 273 g/mol. The molecule has 2 N–H and O–H groups in total. The minimum atomic E-state index is -2.51. The summed E-state index contributed by atoms with van der Waals surface area (Å²) in [6, 6.07) is 5.20. The van der Waals surface area contributed by atoms with Gasteiger partial charge in [-0.25, -0.2) is 8.78 Å². The van der Waals surface area contributed by atoms with E-state index in [0.29, 0.717) is 11.4 Å². The van der Waals surface area contributed by atoms with Crippen molar-refractivity contribution < 1.29 is 13.5 Å². The summed E-state index contributed by atoms with van der Waals surface area (Å²) in [5.41, 5.74) is 6.96. The number of ether oxygens (including phenoxy) is 1.